The quantitative estimate of drug-likeness (QED) is 0.854. The summed E-state index contributed by atoms with van der Waals surface area (Å²) in [7, 11) is 0. The molecule has 1 saturated heterocycles. The lowest BCUT2D eigenvalue weighted by molar-refractivity contribution is -0.132. The Bertz CT molecular complexity index is 680. The van der Waals surface area contributed by atoms with E-state index in [0.29, 0.717) is 42.8 Å². The van der Waals surface area contributed by atoms with Gasteiger partial charge in [-0.05, 0) is 18.6 Å². The van der Waals surface area contributed by atoms with Gasteiger partial charge in [-0.3, -0.25) is 9.69 Å². The Kier molecular flexibility index (Phi) is 4.93. The molecule has 0 unspecified atom stereocenters. The van der Waals surface area contributed by atoms with Gasteiger partial charge in [-0.1, -0.05) is 35.0 Å². The molecule has 2 aromatic rings. The van der Waals surface area contributed by atoms with Crippen molar-refractivity contribution in [2.45, 2.75) is 19.9 Å². The Hall–Kier alpha value is -1.92. The molecule has 1 aliphatic rings. The number of hydrogen-bond donors (Lipinski definition) is 0. The van der Waals surface area contributed by atoms with Crippen LogP contribution in [-0.2, 0) is 17.8 Å². The van der Waals surface area contributed by atoms with E-state index in [1.54, 1.807) is 6.92 Å². The van der Waals surface area contributed by atoms with Crippen molar-refractivity contribution >= 4 is 17.5 Å². The first-order valence-corrected chi connectivity index (χ1v) is 8.02. The second kappa shape index (κ2) is 7.10. The Balaban J connectivity index is 1.50. The molecule has 0 aliphatic carbocycles. The van der Waals surface area contributed by atoms with Crippen molar-refractivity contribution in [1.29, 1.82) is 0 Å². The summed E-state index contributed by atoms with van der Waals surface area (Å²) in [5, 5.41) is 4.44. The van der Waals surface area contributed by atoms with E-state index in [9.17, 15) is 4.79 Å². The molecule has 1 aliphatic heterocycles. The Morgan fingerprint density at radius 2 is 2.00 bits per heavy atom. The van der Waals surface area contributed by atoms with Crippen molar-refractivity contribution < 1.29 is 9.32 Å². The molecule has 3 rings (SSSR count). The molecule has 1 amide bonds. The van der Waals surface area contributed by atoms with Crippen LogP contribution in [0.4, 0.5) is 0 Å². The molecule has 1 aromatic heterocycles. The number of rotatable bonds is 4. The van der Waals surface area contributed by atoms with Gasteiger partial charge in [-0.15, -0.1) is 0 Å². The first kappa shape index (κ1) is 16.0. The van der Waals surface area contributed by atoms with E-state index in [4.69, 9.17) is 16.1 Å². The first-order chi connectivity index (χ1) is 11.1. The summed E-state index contributed by atoms with van der Waals surface area (Å²) >= 11 is 6.12. The molecule has 0 saturated carbocycles. The SMILES string of the molecule is Cc1noc(CN2CCN(C(=O)Cc3ccccc3Cl)CC2)n1. The molecular formula is C16H19ClN4O2. The number of carbonyl (C=O) groups is 1. The molecule has 2 heterocycles. The number of nitrogens with zero attached hydrogens (tertiary/aromatic N) is 4. The molecule has 0 radical (unpaired) electrons. The minimum absolute atomic E-state index is 0.117. The average Bonchev–Trinajstić information content (AvgIpc) is 2.95. The Morgan fingerprint density at radius 3 is 2.65 bits per heavy atom. The van der Waals surface area contributed by atoms with Crippen molar-refractivity contribution in [1.82, 2.24) is 19.9 Å². The second-order valence-electron chi connectivity index (χ2n) is 5.66. The number of amides is 1. The van der Waals surface area contributed by atoms with Crippen LogP contribution in [0.15, 0.2) is 28.8 Å². The summed E-state index contributed by atoms with van der Waals surface area (Å²) in [6.07, 6.45) is 0.350. The van der Waals surface area contributed by atoms with E-state index < -0.39 is 0 Å². The van der Waals surface area contributed by atoms with Crippen LogP contribution in [0.25, 0.3) is 0 Å². The van der Waals surface area contributed by atoms with Crippen molar-refractivity contribution in [2.75, 3.05) is 26.2 Å². The first-order valence-electron chi connectivity index (χ1n) is 7.64. The molecule has 122 valence electrons. The normalized spacial score (nSPS) is 15.8. The third-order valence-corrected chi connectivity index (χ3v) is 4.32. The predicted octanol–water partition coefficient (Wildman–Crippen LogP) is 1.92. The van der Waals surface area contributed by atoms with Gasteiger partial charge in [0, 0.05) is 31.2 Å². The summed E-state index contributed by atoms with van der Waals surface area (Å²) in [4.78, 5) is 20.7. The molecule has 0 spiro atoms. The fourth-order valence-corrected chi connectivity index (χ4v) is 2.87. The minimum Gasteiger partial charge on any atom is -0.340 e. The van der Waals surface area contributed by atoms with Gasteiger partial charge in [0.25, 0.3) is 0 Å². The maximum Gasteiger partial charge on any atom is 0.240 e. The number of halogens is 1. The maximum absolute atomic E-state index is 12.4. The number of aryl methyl sites for hydroxylation is 1. The summed E-state index contributed by atoms with van der Waals surface area (Å²) in [6.45, 7) is 5.45. The zero-order valence-electron chi connectivity index (χ0n) is 13.0. The lowest BCUT2D eigenvalue weighted by Gasteiger charge is -2.34. The van der Waals surface area contributed by atoms with Gasteiger partial charge in [-0.2, -0.15) is 4.98 Å². The number of benzene rings is 1. The lowest BCUT2D eigenvalue weighted by atomic mass is 10.1. The highest BCUT2D eigenvalue weighted by Crippen LogP contribution is 2.17. The fraction of sp³-hybridized carbons (Fsp3) is 0.438. The maximum atomic E-state index is 12.4. The highest BCUT2D eigenvalue weighted by molar-refractivity contribution is 6.31. The van der Waals surface area contributed by atoms with Gasteiger partial charge in [0.15, 0.2) is 5.82 Å². The van der Waals surface area contributed by atoms with Crippen LogP contribution in [0.3, 0.4) is 0 Å². The van der Waals surface area contributed by atoms with Gasteiger partial charge < -0.3 is 9.42 Å². The topological polar surface area (TPSA) is 62.5 Å². The molecule has 0 bridgehead atoms. The van der Waals surface area contributed by atoms with E-state index >= 15 is 0 Å². The van der Waals surface area contributed by atoms with Gasteiger partial charge in [0.05, 0.1) is 13.0 Å². The van der Waals surface area contributed by atoms with Gasteiger partial charge in [-0.25, -0.2) is 0 Å². The van der Waals surface area contributed by atoms with Crippen LogP contribution >= 0.6 is 11.6 Å². The molecule has 1 fully saturated rings. The van der Waals surface area contributed by atoms with Crippen LogP contribution in [0.2, 0.25) is 5.02 Å². The van der Waals surface area contributed by atoms with Crippen molar-refractivity contribution in [3.63, 3.8) is 0 Å². The highest BCUT2D eigenvalue weighted by atomic mass is 35.5. The third kappa shape index (κ3) is 4.09. The van der Waals surface area contributed by atoms with Crippen molar-refractivity contribution in [3.05, 3.63) is 46.6 Å². The van der Waals surface area contributed by atoms with E-state index in [1.807, 2.05) is 29.2 Å². The lowest BCUT2D eigenvalue weighted by Crippen LogP contribution is -2.48. The minimum atomic E-state index is 0.117. The predicted molar refractivity (Wildman–Crippen MR) is 86.0 cm³/mol. The zero-order chi connectivity index (χ0) is 16.2. The number of aromatic nitrogens is 2. The van der Waals surface area contributed by atoms with Crippen LogP contribution < -0.4 is 0 Å². The van der Waals surface area contributed by atoms with Gasteiger partial charge >= 0.3 is 0 Å². The highest BCUT2D eigenvalue weighted by Gasteiger charge is 2.22. The molecule has 6 nitrogen and oxygen atoms in total. The standard InChI is InChI=1S/C16H19ClN4O2/c1-12-18-15(23-19-12)11-20-6-8-21(9-7-20)16(22)10-13-4-2-3-5-14(13)17/h2-5H,6-11H2,1H3. The summed E-state index contributed by atoms with van der Waals surface area (Å²) < 4.78 is 5.14. The molecule has 0 atom stereocenters. The van der Waals surface area contributed by atoms with Gasteiger partial charge in [0.2, 0.25) is 11.8 Å². The van der Waals surface area contributed by atoms with Crippen LogP contribution in [0.5, 0.6) is 0 Å². The average molecular weight is 335 g/mol. The van der Waals surface area contributed by atoms with E-state index in [2.05, 4.69) is 15.0 Å². The Morgan fingerprint density at radius 1 is 1.26 bits per heavy atom. The third-order valence-electron chi connectivity index (χ3n) is 3.95. The smallest absolute Gasteiger partial charge is 0.240 e. The monoisotopic (exact) mass is 334 g/mol. The van der Waals surface area contributed by atoms with Crippen molar-refractivity contribution in [3.8, 4) is 0 Å². The Labute approximate surface area is 140 Å². The fourth-order valence-electron chi connectivity index (χ4n) is 2.67. The van der Waals surface area contributed by atoms with Gasteiger partial charge in [0.1, 0.15) is 0 Å². The van der Waals surface area contributed by atoms with Crippen LogP contribution in [0, 0.1) is 6.92 Å². The number of piperazine rings is 1. The van der Waals surface area contributed by atoms with E-state index in [-0.39, 0.29) is 5.91 Å². The second-order valence-corrected chi connectivity index (χ2v) is 6.07. The number of carbonyl (C=O) groups excluding carboxylic acids is 1. The van der Waals surface area contributed by atoms with Crippen LogP contribution in [-0.4, -0.2) is 52.0 Å². The molecule has 0 N–H and O–H groups in total. The molecule has 23 heavy (non-hydrogen) atoms. The molecular weight excluding hydrogens is 316 g/mol. The number of hydrogen-bond acceptors (Lipinski definition) is 5. The van der Waals surface area contributed by atoms with Crippen LogP contribution in [0.1, 0.15) is 17.3 Å². The van der Waals surface area contributed by atoms with E-state index in [1.165, 1.54) is 0 Å². The molecule has 1 aromatic carbocycles. The zero-order valence-corrected chi connectivity index (χ0v) is 13.8. The van der Waals surface area contributed by atoms with Crippen molar-refractivity contribution in [2.24, 2.45) is 0 Å². The van der Waals surface area contributed by atoms with E-state index in [0.717, 1.165) is 18.7 Å². The summed E-state index contributed by atoms with van der Waals surface area (Å²) in [5.41, 5.74) is 0.878. The summed E-state index contributed by atoms with van der Waals surface area (Å²) in [5.74, 6) is 1.39. The summed E-state index contributed by atoms with van der Waals surface area (Å²) in [6, 6.07) is 7.48. The molecule has 7 heteroatoms. The largest absolute Gasteiger partial charge is 0.340 e.